The fraction of sp³-hybridized carbons (Fsp3) is 0.500. The van der Waals surface area contributed by atoms with Crippen molar-refractivity contribution in [2.24, 2.45) is 5.92 Å². The molecule has 2 rings (SSSR count). The maximum absolute atomic E-state index is 12.5. The van der Waals surface area contributed by atoms with Gasteiger partial charge in [0.15, 0.2) is 0 Å². The molecule has 1 N–H and O–H groups in total. The lowest BCUT2D eigenvalue weighted by Crippen LogP contribution is -2.46. The van der Waals surface area contributed by atoms with Crippen molar-refractivity contribution in [3.8, 4) is 0 Å². The first-order valence-corrected chi connectivity index (χ1v) is 6.18. The predicted molar refractivity (Wildman–Crippen MR) is 69.3 cm³/mol. The summed E-state index contributed by atoms with van der Waals surface area (Å²) < 4.78 is 0. The molecule has 0 aromatic carbocycles. The van der Waals surface area contributed by atoms with Crippen LogP contribution in [0.3, 0.4) is 0 Å². The van der Waals surface area contributed by atoms with Crippen LogP contribution >= 0.6 is 0 Å². The molecule has 0 spiro atoms. The van der Waals surface area contributed by atoms with E-state index in [-0.39, 0.29) is 23.9 Å². The molecule has 2 saturated heterocycles. The van der Waals surface area contributed by atoms with Gasteiger partial charge in [0.25, 0.3) is 0 Å². The average molecular weight is 232 g/mol. The monoisotopic (exact) mass is 232 g/mol. The first-order valence-electron chi connectivity index (χ1n) is 6.18. The third-order valence-electron chi connectivity index (χ3n) is 3.75. The molecule has 1 amide bonds. The van der Waals surface area contributed by atoms with Gasteiger partial charge in [-0.25, -0.2) is 0 Å². The molecule has 3 heteroatoms. The smallest absolute Gasteiger partial charge is 0.245 e. The van der Waals surface area contributed by atoms with E-state index in [4.69, 9.17) is 0 Å². The summed E-state index contributed by atoms with van der Waals surface area (Å²) >= 11 is 0. The van der Waals surface area contributed by atoms with Crippen LogP contribution in [0.1, 0.15) is 19.3 Å². The zero-order valence-electron chi connectivity index (χ0n) is 10.2. The fourth-order valence-electron chi connectivity index (χ4n) is 2.74. The molecule has 0 aromatic heterocycles. The highest BCUT2D eigenvalue weighted by molar-refractivity contribution is 5.85. The van der Waals surface area contributed by atoms with Crippen LogP contribution in [-0.4, -0.2) is 29.4 Å². The highest BCUT2D eigenvalue weighted by atomic mass is 16.2. The first-order chi connectivity index (χ1) is 8.19. The van der Waals surface area contributed by atoms with Crippen molar-refractivity contribution in [2.45, 2.75) is 31.3 Å². The molecular formula is C14H20N2O. The zero-order valence-corrected chi connectivity index (χ0v) is 10.2. The zero-order chi connectivity index (χ0) is 12.4. The van der Waals surface area contributed by atoms with Gasteiger partial charge in [0.2, 0.25) is 5.91 Å². The summed E-state index contributed by atoms with van der Waals surface area (Å²) in [6.45, 7) is 12.5. The molecule has 0 aromatic rings. The molecule has 3 atom stereocenters. The molecule has 0 saturated carbocycles. The van der Waals surface area contributed by atoms with Crippen LogP contribution in [0.4, 0.5) is 0 Å². The minimum atomic E-state index is -0.134. The number of rotatable bonds is 3. The average Bonchev–Trinajstić information content (AvgIpc) is 2.93. The number of hydrogen-bond acceptors (Lipinski definition) is 2. The highest BCUT2D eigenvalue weighted by Gasteiger charge is 2.38. The summed E-state index contributed by atoms with van der Waals surface area (Å²) in [7, 11) is 0. The number of hydrogen-bond donors (Lipinski definition) is 1. The van der Waals surface area contributed by atoms with E-state index < -0.39 is 0 Å². The van der Waals surface area contributed by atoms with E-state index >= 15 is 0 Å². The minimum absolute atomic E-state index is 0.114. The molecule has 2 aliphatic rings. The Kier molecular flexibility index (Phi) is 3.48. The predicted octanol–water partition coefficient (Wildman–Crippen LogP) is 1.84. The van der Waals surface area contributed by atoms with E-state index in [1.54, 1.807) is 0 Å². The lowest BCUT2D eigenvalue weighted by atomic mass is 9.99. The lowest BCUT2D eigenvalue weighted by Gasteiger charge is -2.28. The van der Waals surface area contributed by atoms with Gasteiger partial charge in [0.05, 0.1) is 12.1 Å². The molecule has 17 heavy (non-hydrogen) atoms. The number of carbonyl (C=O) groups excluding carboxylic acids is 1. The van der Waals surface area contributed by atoms with E-state index in [1.807, 2.05) is 17.1 Å². The SMILES string of the molecule is C=C[C@H]1CCNC1C(=O)N1C(=C)CC[C@@H]1C=C. The lowest BCUT2D eigenvalue weighted by molar-refractivity contribution is -0.132. The van der Waals surface area contributed by atoms with Crippen molar-refractivity contribution < 1.29 is 4.79 Å². The number of likely N-dealkylation sites (tertiary alicyclic amines) is 1. The Morgan fingerprint density at radius 3 is 2.76 bits per heavy atom. The third-order valence-corrected chi connectivity index (χ3v) is 3.75. The van der Waals surface area contributed by atoms with Crippen LogP contribution in [0, 0.1) is 5.92 Å². The summed E-state index contributed by atoms with van der Waals surface area (Å²) in [5.74, 6) is 0.362. The first kappa shape index (κ1) is 12.1. The molecule has 3 nitrogen and oxygen atoms in total. The van der Waals surface area contributed by atoms with E-state index in [9.17, 15) is 4.79 Å². The van der Waals surface area contributed by atoms with Gasteiger partial charge in [-0.3, -0.25) is 4.79 Å². The Labute approximate surface area is 103 Å². The molecule has 2 heterocycles. The molecule has 2 fully saturated rings. The van der Waals surface area contributed by atoms with Crippen molar-refractivity contribution >= 4 is 5.91 Å². The fourth-order valence-corrected chi connectivity index (χ4v) is 2.74. The Balaban J connectivity index is 2.15. The summed E-state index contributed by atoms with van der Waals surface area (Å²) in [6.07, 6.45) is 6.53. The second-order valence-electron chi connectivity index (χ2n) is 4.74. The van der Waals surface area contributed by atoms with Gasteiger partial charge in [0, 0.05) is 11.6 Å². The number of nitrogens with zero attached hydrogens (tertiary/aromatic N) is 1. The second kappa shape index (κ2) is 4.88. The Hall–Kier alpha value is -1.35. The number of carbonyl (C=O) groups is 1. The topological polar surface area (TPSA) is 32.3 Å². The maximum Gasteiger partial charge on any atom is 0.245 e. The molecule has 2 aliphatic heterocycles. The second-order valence-corrected chi connectivity index (χ2v) is 4.74. The Morgan fingerprint density at radius 1 is 1.35 bits per heavy atom. The van der Waals surface area contributed by atoms with Crippen LogP contribution in [0.15, 0.2) is 37.6 Å². The van der Waals surface area contributed by atoms with Crippen LogP contribution in [-0.2, 0) is 4.79 Å². The molecule has 92 valence electrons. The molecular weight excluding hydrogens is 212 g/mol. The molecule has 1 unspecified atom stereocenters. The van der Waals surface area contributed by atoms with E-state index in [0.717, 1.165) is 31.5 Å². The number of nitrogens with one attached hydrogen (secondary N) is 1. The van der Waals surface area contributed by atoms with Crippen LogP contribution in [0.25, 0.3) is 0 Å². The quantitative estimate of drug-likeness (QED) is 0.753. The third kappa shape index (κ3) is 2.07. The van der Waals surface area contributed by atoms with Gasteiger partial charge in [-0.05, 0) is 25.8 Å². The van der Waals surface area contributed by atoms with Crippen molar-refractivity contribution in [1.82, 2.24) is 10.2 Å². The molecule has 0 radical (unpaired) electrons. The summed E-state index contributed by atoms with van der Waals surface area (Å²) in [6, 6.07) is -0.0207. The molecule has 0 aliphatic carbocycles. The van der Waals surface area contributed by atoms with E-state index in [1.165, 1.54) is 0 Å². The number of allylic oxidation sites excluding steroid dienone is 1. The largest absolute Gasteiger partial charge is 0.309 e. The Morgan fingerprint density at radius 2 is 2.12 bits per heavy atom. The van der Waals surface area contributed by atoms with Crippen molar-refractivity contribution in [3.05, 3.63) is 37.6 Å². The normalized spacial score (nSPS) is 32.8. The number of amides is 1. The van der Waals surface area contributed by atoms with Crippen LogP contribution in [0.2, 0.25) is 0 Å². The van der Waals surface area contributed by atoms with Crippen molar-refractivity contribution in [2.75, 3.05) is 6.54 Å². The van der Waals surface area contributed by atoms with Crippen LogP contribution < -0.4 is 5.32 Å². The van der Waals surface area contributed by atoms with Crippen LogP contribution in [0.5, 0.6) is 0 Å². The standard InChI is InChI=1S/C14H20N2O/c1-4-11-8-9-15-13(11)14(17)16-10(3)6-7-12(16)5-2/h4-5,11-13,15H,1-3,6-9H2/t11-,12-,13?/m0/s1. The highest BCUT2D eigenvalue weighted by Crippen LogP contribution is 2.30. The summed E-state index contributed by atoms with van der Waals surface area (Å²) in [4.78, 5) is 14.3. The van der Waals surface area contributed by atoms with Gasteiger partial charge in [-0.2, -0.15) is 0 Å². The van der Waals surface area contributed by atoms with Crippen molar-refractivity contribution in [1.29, 1.82) is 0 Å². The maximum atomic E-state index is 12.5. The van der Waals surface area contributed by atoms with E-state index in [2.05, 4.69) is 25.1 Å². The minimum Gasteiger partial charge on any atom is -0.309 e. The van der Waals surface area contributed by atoms with E-state index in [0.29, 0.717) is 0 Å². The van der Waals surface area contributed by atoms with Gasteiger partial charge in [-0.15, -0.1) is 13.2 Å². The Bertz CT molecular complexity index is 361. The van der Waals surface area contributed by atoms with Gasteiger partial charge in [0.1, 0.15) is 0 Å². The van der Waals surface area contributed by atoms with Crippen molar-refractivity contribution in [3.63, 3.8) is 0 Å². The summed E-state index contributed by atoms with van der Waals surface area (Å²) in [5, 5.41) is 3.26. The van der Waals surface area contributed by atoms with Gasteiger partial charge < -0.3 is 10.2 Å². The molecule has 0 bridgehead atoms. The van der Waals surface area contributed by atoms with Gasteiger partial charge >= 0.3 is 0 Å². The summed E-state index contributed by atoms with van der Waals surface area (Å²) in [5.41, 5.74) is 0.913. The van der Waals surface area contributed by atoms with Gasteiger partial charge in [-0.1, -0.05) is 18.7 Å².